The van der Waals surface area contributed by atoms with Crippen molar-refractivity contribution in [1.29, 1.82) is 0 Å². The zero-order valence-electron chi connectivity index (χ0n) is 13.3. The number of likely N-dealkylation sites (tertiary alicyclic amines) is 1. The van der Waals surface area contributed by atoms with Gasteiger partial charge in [0, 0.05) is 24.1 Å². The molecule has 1 saturated heterocycles. The number of hydrogen-bond donors (Lipinski definition) is 2. The molecule has 1 aliphatic carbocycles. The Kier molecular flexibility index (Phi) is 3.64. The molecule has 1 saturated carbocycles. The maximum atomic E-state index is 13.0. The lowest BCUT2D eigenvalue weighted by atomic mass is 9.82. The lowest BCUT2D eigenvalue weighted by Gasteiger charge is -2.25. The third kappa shape index (κ3) is 2.41. The summed E-state index contributed by atoms with van der Waals surface area (Å²) in [4.78, 5) is 14.6. The number of aromatic nitrogens is 2. The largest absolute Gasteiger partial charge is 0.396 e. The van der Waals surface area contributed by atoms with Crippen LogP contribution in [0.15, 0.2) is 30.3 Å². The first-order chi connectivity index (χ1) is 11.6. The molecule has 5 nitrogen and oxygen atoms in total. The Morgan fingerprint density at radius 1 is 1.42 bits per heavy atom. The third-order valence-corrected chi connectivity index (χ3v) is 5.59. The average Bonchev–Trinajstić information content (AvgIpc) is 3.28. The van der Waals surface area contributed by atoms with E-state index in [0.29, 0.717) is 30.4 Å². The van der Waals surface area contributed by atoms with Gasteiger partial charge in [0.1, 0.15) is 11.5 Å². The number of carbonyl (C=O) groups excluding carboxylic acids is 1. The van der Waals surface area contributed by atoms with E-state index in [1.165, 1.54) is 12.1 Å². The van der Waals surface area contributed by atoms with E-state index in [9.17, 15) is 14.3 Å². The Hall–Kier alpha value is -2.21. The molecular weight excluding hydrogens is 309 g/mol. The molecule has 2 fully saturated rings. The van der Waals surface area contributed by atoms with Gasteiger partial charge >= 0.3 is 0 Å². The summed E-state index contributed by atoms with van der Waals surface area (Å²) in [5.74, 6) is 0.00696. The first kappa shape index (κ1) is 15.3. The number of rotatable bonds is 3. The summed E-state index contributed by atoms with van der Waals surface area (Å²) in [6.45, 7) is 1.45. The molecule has 0 bridgehead atoms. The van der Waals surface area contributed by atoms with Crippen molar-refractivity contribution in [3.63, 3.8) is 0 Å². The standard InChI is InChI=1S/C18H20FN3O2/c19-14-5-3-12(4-6-14)15-8-16(21-20-15)17(24)22-9-13-2-1-7-18(13,10-22)11-23/h3-6,8,13,23H,1-2,7,9-11H2,(H,20,21). The number of aromatic amines is 1. The van der Waals surface area contributed by atoms with Gasteiger partial charge in [-0.15, -0.1) is 0 Å². The summed E-state index contributed by atoms with van der Waals surface area (Å²) in [7, 11) is 0. The van der Waals surface area contributed by atoms with E-state index < -0.39 is 0 Å². The second-order valence-corrected chi connectivity index (χ2v) is 6.97. The number of nitrogens with zero attached hydrogens (tertiary/aromatic N) is 2. The zero-order chi connectivity index (χ0) is 16.7. The zero-order valence-corrected chi connectivity index (χ0v) is 13.3. The van der Waals surface area contributed by atoms with Crippen LogP contribution in [0.5, 0.6) is 0 Å². The molecule has 0 spiro atoms. The van der Waals surface area contributed by atoms with Gasteiger partial charge in [0.25, 0.3) is 5.91 Å². The molecule has 0 radical (unpaired) electrons. The molecule has 1 aromatic heterocycles. The van der Waals surface area contributed by atoms with Crippen molar-refractivity contribution in [1.82, 2.24) is 15.1 Å². The molecule has 2 unspecified atom stereocenters. The number of aliphatic hydroxyl groups is 1. The van der Waals surface area contributed by atoms with Gasteiger partial charge in [0.2, 0.25) is 0 Å². The number of hydrogen-bond acceptors (Lipinski definition) is 3. The number of nitrogens with one attached hydrogen (secondary N) is 1. The van der Waals surface area contributed by atoms with Crippen LogP contribution in [0.25, 0.3) is 11.3 Å². The first-order valence-corrected chi connectivity index (χ1v) is 8.33. The molecule has 1 amide bonds. The molecule has 126 valence electrons. The second kappa shape index (κ2) is 5.70. The van der Waals surface area contributed by atoms with E-state index >= 15 is 0 Å². The summed E-state index contributed by atoms with van der Waals surface area (Å²) in [6.07, 6.45) is 3.20. The van der Waals surface area contributed by atoms with Crippen LogP contribution in [0.4, 0.5) is 4.39 Å². The van der Waals surface area contributed by atoms with E-state index in [4.69, 9.17) is 0 Å². The molecule has 1 aromatic carbocycles. The van der Waals surface area contributed by atoms with Crippen molar-refractivity contribution < 1.29 is 14.3 Å². The molecule has 2 heterocycles. The highest BCUT2D eigenvalue weighted by Crippen LogP contribution is 2.48. The van der Waals surface area contributed by atoms with E-state index in [1.807, 2.05) is 4.90 Å². The van der Waals surface area contributed by atoms with Crippen molar-refractivity contribution in [2.45, 2.75) is 19.3 Å². The van der Waals surface area contributed by atoms with Gasteiger partial charge in [-0.2, -0.15) is 5.10 Å². The van der Waals surface area contributed by atoms with Crippen LogP contribution in [0.3, 0.4) is 0 Å². The number of carbonyl (C=O) groups is 1. The Balaban J connectivity index is 1.53. The fourth-order valence-corrected chi connectivity index (χ4v) is 4.20. The van der Waals surface area contributed by atoms with Gasteiger partial charge in [-0.1, -0.05) is 6.42 Å². The van der Waals surface area contributed by atoms with E-state index in [-0.39, 0.29) is 23.7 Å². The number of benzene rings is 1. The number of amides is 1. The Labute approximate surface area is 139 Å². The molecule has 2 aliphatic rings. The van der Waals surface area contributed by atoms with Crippen LogP contribution >= 0.6 is 0 Å². The Morgan fingerprint density at radius 2 is 2.21 bits per heavy atom. The minimum absolute atomic E-state index is 0.0851. The quantitative estimate of drug-likeness (QED) is 0.909. The van der Waals surface area contributed by atoms with E-state index in [1.54, 1.807) is 18.2 Å². The Morgan fingerprint density at radius 3 is 2.92 bits per heavy atom. The smallest absolute Gasteiger partial charge is 0.271 e. The van der Waals surface area contributed by atoms with Crippen LogP contribution in [0.1, 0.15) is 29.8 Å². The molecule has 1 aliphatic heterocycles. The average molecular weight is 329 g/mol. The molecule has 2 aromatic rings. The third-order valence-electron chi connectivity index (χ3n) is 5.59. The van der Waals surface area contributed by atoms with Gasteiger partial charge < -0.3 is 10.0 Å². The summed E-state index contributed by atoms with van der Waals surface area (Å²) in [5.41, 5.74) is 1.70. The molecule has 2 atom stereocenters. The number of halogens is 1. The summed E-state index contributed by atoms with van der Waals surface area (Å²) in [5, 5.41) is 16.8. The molecule has 6 heteroatoms. The van der Waals surface area contributed by atoms with Gasteiger partial charge in [-0.3, -0.25) is 9.89 Å². The maximum Gasteiger partial charge on any atom is 0.271 e. The fraction of sp³-hybridized carbons (Fsp3) is 0.444. The molecule has 4 rings (SSSR count). The number of fused-ring (bicyclic) bond motifs is 1. The van der Waals surface area contributed by atoms with Crippen LogP contribution < -0.4 is 0 Å². The Bertz CT molecular complexity index is 758. The summed E-state index contributed by atoms with van der Waals surface area (Å²) >= 11 is 0. The lowest BCUT2D eigenvalue weighted by molar-refractivity contribution is 0.0729. The van der Waals surface area contributed by atoms with Gasteiger partial charge in [-0.05, 0) is 49.1 Å². The normalized spacial score (nSPS) is 25.9. The molecule has 2 N–H and O–H groups in total. The molecular formula is C18H20FN3O2. The summed E-state index contributed by atoms with van der Waals surface area (Å²) in [6, 6.07) is 7.73. The van der Waals surface area contributed by atoms with Crippen molar-refractivity contribution >= 4 is 5.91 Å². The van der Waals surface area contributed by atoms with E-state index in [0.717, 1.165) is 24.8 Å². The van der Waals surface area contributed by atoms with Crippen LogP contribution in [-0.2, 0) is 0 Å². The van der Waals surface area contributed by atoms with Crippen LogP contribution in [0.2, 0.25) is 0 Å². The predicted octanol–water partition coefficient (Wildman–Crippen LogP) is 2.45. The minimum Gasteiger partial charge on any atom is -0.396 e. The highest BCUT2D eigenvalue weighted by molar-refractivity contribution is 5.93. The summed E-state index contributed by atoms with van der Waals surface area (Å²) < 4.78 is 13.0. The first-order valence-electron chi connectivity index (χ1n) is 8.33. The van der Waals surface area contributed by atoms with Gasteiger partial charge in [-0.25, -0.2) is 4.39 Å². The predicted molar refractivity (Wildman–Crippen MR) is 86.7 cm³/mol. The highest BCUT2D eigenvalue weighted by Gasteiger charge is 2.50. The van der Waals surface area contributed by atoms with Crippen LogP contribution in [-0.4, -0.2) is 45.8 Å². The van der Waals surface area contributed by atoms with Crippen LogP contribution in [0, 0.1) is 17.2 Å². The van der Waals surface area contributed by atoms with Crippen molar-refractivity contribution in [3.8, 4) is 11.3 Å². The SMILES string of the molecule is O=C(c1cc(-c2ccc(F)cc2)n[nH]1)N1CC2CCCC2(CO)C1. The van der Waals surface area contributed by atoms with E-state index in [2.05, 4.69) is 10.2 Å². The van der Waals surface area contributed by atoms with Crippen molar-refractivity contribution in [2.75, 3.05) is 19.7 Å². The number of aliphatic hydroxyl groups excluding tert-OH is 1. The highest BCUT2D eigenvalue weighted by atomic mass is 19.1. The van der Waals surface area contributed by atoms with Gasteiger partial charge in [0.05, 0.1) is 12.3 Å². The fourth-order valence-electron chi connectivity index (χ4n) is 4.20. The van der Waals surface area contributed by atoms with Gasteiger partial charge in [0.15, 0.2) is 0 Å². The molecule has 24 heavy (non-hydrogen) atoms. The minimum atomic E-state index is -0.302. The lowest BCUT2D eigenvalue weighted by Crippen LogP contribution is -2.34. The monoisotopic (exact) mass is 329 g/mol. The topological polar surface area (TPSA) is 69.2 Å². The van der Waals surface area contributed by atoms with Crippen molar-refractivity contribution in [2.24, 2.45) is 11.3 Å². The second-order valence-electron chi connectivity index (χ2n) is 6.97. The maximum absolute atomic E-state index is 13.0. The van der Waals surface area contributed by atoms with Crippen molar-refractivity contribution in [3.05, 3.63) is 41.8 Å². The number of H-pyrrole nitrogens is 1.